The van der Waals surface area contributed by atoms with Gasteiger partial charge >= 0.3 is 0 Å². The summed E-state index contributed by atoms with van der Waals surface area (Å²) in [7, 11) is 3.39. The number of hydrogen-bond donors (Lipinski definition) is 2. The lowest BCUT2D eigenvalue weighted by Gasteiger charge is -2.38. The van der Waals surface area contributed by atoms with E-state index in [9.17, 15) is 5.11 Å². The Morgan fingerprint density at radius 1 is 1.18 bits per heavy atom. The summed E-state index contributed by atoms with van der Waals surface area (Å²) in [6.45, 7) is 7.98. The fourth-order valence-corrected chi connectivity index (χ4v) is 3.76. The number of guanidine groups is 1. The zero-order valence-electron chi connectivity index (χ0n) is 17.4. The molecule has 1 aromatic carbocycles. The number of piperazine rings is 1. The second-order valence-electron chi connectivity index (χ2n) is 7.69. The van der Waals surface area contributed by atoms with E-state index in [0.29, 0.717) is 6.54 Å². The third-order valence-corrected chi connectivity index (χ3v) is 5.70. The van der Waals surface area contributed by atoms with Crippen LogP contribution in [0.5, 0.6) is 11.5 Å². The molecule has 2 N–H and O–H groups in total. The number of aliphatic imine (C=N–C) groups is 1. The highest BCUT2D eigenvalue weighted by Crippen LogP contribution is 2.31. The van der Waals surface area contributed by atoms with Crippen molar-refractivity contribution in [2.75, 3.05) is 53.5 Å². The van der Waals surface area contributed by atoms with Crippen molar-refractivity contribution in [3.05, 3.63) is 23.8 Å². The van der Waals surface area contributed by atoms with Crippen LogP contribution in [0.4, 0.5) is 0 Å². The monoisotopic (exact) mass is 390 g/mol. The van der Waals surface area contributed by atoms with Crippen molar-refractivity contribution in [3.8, 4) is 11.5 Å². The van der Waals surface area contributed by atoms with Crippen LogP contribution in [0.15, 0.2) is 23.2 Å². The highest BCUT2D eigenvalue weighted by molar-refractivity contribution is 5.80. The summed E-state index contributed by atoms with van der Waals surface area (Å²) >= 11 is 0. The van der Waals surface area contributed by atoms with Crippen LogP contribution in [0.3, 0.4) is 0 Å². The molecule has 3 rings (SSSR count). The zero-order chi connectivity index (χ0) is 20.0. The topological polar surface area (TPSA) is 69.6 Å². The van der Waals surface area contributed by atoms with Gasteiger partial charge in [0.2, 0.25) is 0 Å². The van der Waals surface area contributed by atoms with Crippen molar-refractivity contribution < 1.29 is 14.6 Å². The number of ether oxygens (including phenoxy) is 2. The van der Waals surface area contributed by atoms with Crippen molar-refractivity contribution in [2.24, 2.45) is 4.99 Å². The molecule has 0 spiro atoms. The minimum absolute atomic E-state index is 0.497. The normalized spacial score (nSPS) is 19.9. The van der Waals surface area contributed by atoms with Crippen molar-refractivity contribution in [1.82, 2.24) is 15.1 Å². The molecule has 2 fully saturated rings. The van der Waals surface area contributed by atoms with E-state index in [-0.39, 0.29) is 0 Å². The van der Waals surface area contributed by atoms with E-state index >= 15 is 0 Å². The molecule has 1 aliphatic heterocycles. The average Bonchev–Trinajstić information content (AvgIpc) is 2.70. The van der Waals surface area contributed by atoms with E-state index in [1.165, 1.54) is 0 Å². The molecule has 0 amide bonds. The van der Waals surface area contributed by atoms with Gasteiger partial charge in [0.1, 0.15) is 11.5 Å². The summed E-state index contributed by atoms with van der Waals surface area (Å²) in [5.74, 6) is 2.67. The zero-order valence-corrected chi connectivity index (χ0v) is 17.4. The number of hydrogen-bond acceptors (Lipinski definition) is 5. The number of benzene rings is 1. The summed E-state index contributed by atoms with van der Waals surface area (Å²) in [6.07, 6.45) is 2.84. The number of rotatable bonds is 7. The van der Waals surface area contributed by atoms with E-state index in [0.717, 1.165) is 81.6 Å². The first-order valence-electron chi connectivity index (χ1n) is 10.3. The minimum atomic E-state index is -0.578. The number of nitrogens with one attached hydrogen (secondary N) is 1. The Bertz CT molecular complexity index is 668. The van der Waals surface area contributed by atoms with Crippen LogP contribution in [0.1, 0.15) is 31.7 Å². The lowest BCUT2D eigenvalue weighted by Crippen LogP contribution is -2.52. The molecule has 1 saturated carbocycles. The van der Waals surface area contributed by atoms with Gasteiger partial charge in [-0.05, 0) is 44.4 Å². The van der Waals surface area contributed by atoms with Gasteiger partial charge in [-0.2, -0.15) is 0 Å². The Balaban J connectivity index is 1.57. The molecular weight excluding hydrogens is 356 g/mol. The third kappa shape index (κ3) is 5.08. The number of aliphatic hydroxyl groups is 1. The van der Waals surface area contributed by atoms with Crippen LogP contribution in [0.25, 0.3) is 0 Å². The lowest BCUT2D eigenvalue weighted by molar-refractivity contribution is -0.0238. The van der Waals surface area contributed by atoms with Gasteiger partial charge < -0.3 is 24.8 Å². The average molecular weight is 391 g/mol. The first kappa shape index (κ1) is 20.7. The fraction of sp³-hybridized carbons (Fsp3) is 0.667. The van der Waals surface area contributed by atoms with Crippen LogP contribution in [-0.2, 0) is 6.54 Å². The molecule has 1 aliphatic carbocycles. The van der Waals surface area contributed by atoms with Crippen LogP contribution in [-0.4, -0.2) is 80.0 Å². The lowest BCUT2D eigenvalue weighted by atomic mass is 9.80. The van der Waals surface area contributed by atoms with E-state index in [4.69, 9.17) is 14.5 Å². The standard InChI is InChI=1S/C21H34N4O3/c1-4-22-20(23-16-21(26)8-5-9-21)25-12-10-24(11-13-25)15-17-14-18(27-2)6-7-19(17)28-3/h6-7,14,26H,4-5,8-13,15-16H2,1-3H3,(H,22,23). The van der Waals surface area contributed by atoms with E-state index in [1.807, 2.05) is 12.1 Å². The summed E-state index contributed by atoms with van der Waals surface area (Å²) in [5, 5.41) is 13.7. The smallest absolute Gasteiger partial charge is 0.194 e. The molecule has 7 heteroatoms. The summed E-state index contributed by atoms with van der Waals surface area (Å²) in [4.78, 5) is 9.44. The number of nitrogens with zero attached hydrogens (tertiary/aromatic N) is 3. The molecule has 0 bridgehead atoms. The van der Waals surface area contributed by atoms with Crippen molar-refractivity contribution in [2.45, 2.75) is 38.3 Å². The van der Waals surface area contributed by atoms with Crippen molar-refractivity contribution in [1.29, 1.82) is 0 Å². The Morgan fingerprint density at radius 3 is 2.50 bits per heavy atom. The molecule has 7 nitrogen and oxygen atoms in total. The van der Waals surface area contributed by atoms with Crippen LogP contribution in [0, 0.1) is 0 Å². The molecule has 28 heavy (non-hydrogen) atoms. The van der Waals surface area contributed by atoms with Gasteiger partial charge in [0.25, 0.3) is 0 Å². The van der Waals surface area contributed by atoms with Crippen LogP contribution >= 0.6 is 0 Å². The molecule has 1 aromatic rings. The molecule has 0 atom stereocenters. The predicted octanol–water partition coefficient (Wildman–Crippen LogP) is 1.70. The maximum atomic E-state index is 10.3. The van der Waals surface area contributed by atoms with Gasteiger partial charge in [-0.15, -0.1) is 0 Å². The molecule has 0 aromatic heterocycles. The van der Waals surface area contributed by atoms with Gasteiger partial charge in [-0.25, -0.2) is 0 Å². The summed E-state index contributed by atoms with van der Waals surface area (Å²) in [5.41, 5.74) is 0.564. The summed E-state index contributed by atoms with van der Waals surface area (Å²) < 4.78 is 10.9. The Labute approximate surface area is 168 Å². The molecule has 1 heterocycles. The SMILES string of the molecule is CCNC(=NCC1(O)CCC1)N1CCN(Cc2cc(OC)ccc2OC)CC1. The third-order valence-electron chi connectivity index (χ3n) is 5.70. The fourth-order valence-electron chi connectivity index (χ4n) is 3.76. The quantitative estimate of drug-likeness (QED) is 0.546. The maximum Gasteiger partial charge on any atom is 0.194 e. The van der Waals surface area contributed by atoms with Crippen LogP contribution < -0.4 is 14.8 Å². The maximum absolute atomic E-state index is 10.3. The second-order valence-corrected chi connectivity index (χ2v) is 7.69. The highest BCUT2D eigenvalue weighted by Gasteiger charge is 2.34. The van der Waals surface area contributed by atoms with Gasteiger partial charge in [0.05, 0.1) is 26.4 Å². The molecular formula is C21H34N4O3. The second kappa shape index (κ2) is 9.47. The number of methoxy groups -OCH3 is 2. The Morgan fingerprint density at radius 2 is 1.93 bits per heavy atom. The first-order chi connectivity index (χ1) is 13.6. The van der Waals surface area contributed by atoms with Gasteiger partial charge in [0.15, 0.2) is 5.96 Å². The molecule has 2 aliphatic rings. The Hall–Kier alpha value is -1.99. The summed E-state index contributed by atoms with van der Waals surface area (Å²) in [6, 6.07) is 5.94. The van der Waals surface area contributed by atoms with Gasteiger partial charge in [-0.1, -0.05) is 0 Å². The molecule has 0 radical (unpaired) electrons. The predicted molar refractivity (Wildman–Crippen MR) is 111 cm³/mol. The molecule has 156 valence electrons. The molecule has 0 unspecified atom stereocenters. The van der Waals surface area contributed by atoms with Crippen molar-refractivity contribution in [3.63, 3.8) is 0 Å². The van der Waals surface area contributed by atoms with Crippen molar-refractivity contribution >= 4 is 5.96 Å². The van der Waals surface area contributed by atoms with E-state index in [1.54, 1.807) is 14.2 Å². The first-order valence-corrected chi connectivity index (χ1v) is 10.3. The van der Waals surface area contributed by atoms with Gasteiger partial charge in [0, 0.05) is 44.8 Å². The largest absolute Gasteiger partial charge is 0.497 e. The van der Waals surface area contributed by atoms with Crippen LogP contribution in [0.2, 0.25) is 0 Å². The van der Waals surface area contributed by atoms with Gasteiger partial charge in [-0.3, -0.25) is 9.89 Å². The van der Waals surface area contributed by atoms with E-state index < -0.39 is 5.60 Å². The Kier molecular flexibility index (Phi) is 7.02. The molecule has 1 saturated heterocycles. The van der Waals surface area contributed by atoms with E-state index in [2.05, 4.69) is 28.1 Å². The minimum Gasteiger partial charge on any atom is -0.497 e. The highest BCUT2D eigenvalue weighted by atomic mass is 16.5.